The molecule has 4 nitrogen and oxygen atoms in total. The number of carbonyl (C=O) groups is 1. The SMILES string of the molecule is COc1c(Cl)cc(Cl)cc1CN1C[C@@H]2CCC[C@@]2(C(=O)O)C1. The van der Waals surface area contributed by atoms with E-state index in [9.17, 15) is 9.90 Å². The summed E-state index contributed by atoms with van der Waals surface area (Å²) in [6, 6.07) is 3.50. The van der Waals surface area contributed by atoms with E-state index < -0.39 is 11.4 Å². The molecule has 0 bridgehead atoms. The number of hydrogen-bond acceptors (Lipinski definition) is 3. The topological polar surface area (TPSA) is 49.8 Å². The van der Waals surface area contributed by atoms with Gasteiger partial charge in [-0.2, -0.15) is 0 Å². The van der Waals surface area contributed by atoms with Crippen molar-refractivity contribution in [2.45, 2.75) is 25.8 Å². The summed E-state index contributed by atoms with van der Waals surface area (Å²) in [5, 5.41) is 10.7. The smallest absolute Gasteiger partial charge is 0.311 e. The van der Waals surface area contributed by atoms with Gasteiger partial charge in [0.1, 0.15) is 5.75 Å². The van der Waals surface area contributed by atoms with Gasteiger partial charge in [-0.15, -0.1) is 0 Å². The Kier molecular flexibility index (Phi) is 4.27. The molecule has 1 aliphatic heterocycles. The first-order valence-electron chi connectivity index (χ1n) is 7.44. The molecule has 0 amide bonds. The molecule has 1 saturated carbocycles. The van der Waals surface area contributed by atoms with Gasteiger partial charge in [0.15, 0.2) is 0 Å². The second-order valence-corrected chi connectivity index (χ2v) is 7.14. The number of nitrogens with zero attached hydrogens (tertiary/aromatic N) is 1. The summed E-state index contributed by atoms with van der Waals surface area (Å²) in [6.07, 6.45) is 2.78. The zero-order valence-corrected chi connectivity index (χ0v) is 14.0. The van der Waals surface area contributed by atoms with Crippen molar-refractivity contribution in [3.8, 4) is 5.75 Å². The van der Waals surface area contributed by atoms with Crippen LogP contribution in [0.5, 0.6) is 5.75 Å². The van der Waals surface area contributed by atoms with E-state index in [0.717, 1.165) is 31.4 Å². The second kappa shape index (κ2) is 5.91. The number of hydrogen-bond donors (Lipinski definition) is 1. The van der Waals surface area contributed by atoms with Crippen LogP contribution in [0.2, 0.25) is 10.0 Å². The molecule has 2 atom stereocenters. The van der Waals surface area contributed by atoms with Crippen LogP contribution in [0.25, 0.3) is 0 Å². The molecule has 1 aromatic rings. The third-order valence-corrected chi connectivity index (χ3v) is 5.55. The first kappa shape index (κ1) is 15.9. The van der Waals surface area contributed by atoms with E-state index >= 15 is 0 Å². The molecule has 1 heterocycles. The largest absolute Gasteiger partial charge is 0.495 e. The van der Waals surface area contributed by atoms with Crippen molar-refractivity contribution < 1.29 is 14.6 Å². The Labute approximate surface area is 140 Å². The molecule has 6 heteroatoms. The van der Waals surface area contributed by atoms with Gasteiger partial charge < -0.3 is 9.84 Å². The predicted octanol–water partition coefficient (Wildman–Crippen LogP) is 3.69. The molecule has 0 unspecified atom stereocenters. The zero-order valence-electron chi connectivity index (χ0n) is 12.4. The Morgan fingerprint density at radius 3 is 2.91 bits per heavy atom. The highest BCUT2D eigenvalue weighted by Gasteiger charge is 2.54. The molecule has 22 heavy (non-hydrogen) atoms. The van der Waals surface area contributed by atoms with Gasteiger partial charge in [-0.3, -0.25) is 9.69 Å². The van der Waals surface area contributed by atoms with Crippen molar-refractivity contribution in [1.82, 2.24) is 4.90 Å². The highest BCUT2D eigenvalue weighted by molar-refractivity contribution is 6.35. The van der Waals surface area contributed by atoms with Crippen LogP contribution in [0, 0.1) is 11.3 Å². The number of carboxylic acid groups (broad SMARTS) is 1. The van der Waals surface area contributed by atoms with Gasteiger partial charge in [-0.25, -0.2) is 0 Å². The van der Waals surface area contributed by atoms with Crippen molar-refractivity contribution in [2.75, 3.05) is 20.2 Å². The summed E-state index contributed by atoms with van der Waals surface area (Å²) in [7, 11) is 1.58. The van der Waals surface area contributed by atoms with Crippen molar-refractivity contribution in [2.24, 2.45) is 11.3 Å². The minimum absolute atomic E-state index is 0.241. The fourth-order valence-electron chi connectivity index (χ4n) is 4.06. The second-order valence-electron chi connectivity index (χ2n) is 6.30. The Hall–Kier alpha value is -0.970. The molecular weight excluding hydrogens is 325 g/mol. The normalized spacial score (nSPS) is 27.9. The molecule has 3 rings (SSSR count). The van der Waals surface area contributed by atoms with E-state index in [2.05, 4.69) is 4.90 Å². The van der Waals surface area contributed by atoms with Gasteiger partial charge in [0.25, 0.3) is 0 Å². The van der Waals surface area contributed by atoms with Gasteiger partial charge in [0.05, 0.1) is 17.5 Å². The van der Waals surface area contributed by atoms with Crippen LogP contribution < -0.4 is 4.74 Å². The number of aliphatic carboxylic acids is 1. The lowest BCUT2D eigenvalue weighted by Gasteiger charge is -2.24. The average Bonchev–Trinajstić information content (AvgIpc) is 2.95. The molecule has 1 aromatic carbocycles. The van der Waals surface area contributed by atoms with Crippen LogP contribution in [0.1, 0.15) is 24.8 Å². The third kappa shape index (κ3) is 2.57. The lowest BCUT2D eigenvalue weighted by Crippen LogP contribution is -2.35. The van der Waals surface area contributed by atoms with E-state index in [-0.39, 0.29) is 5.92 Å². The van der Waals surface area contributed by atoms with Crippen molar-refractivity contribution >= 4 is 29.2 Å². The Morgan fingerprint density at radius 1 is 1.50 bits per heavy atom. The molecule has 1 aliphatic carbocycles. The van der Waals surface area contributed by atoms with E-state index in [1.165, 1.54) is 0 Å². The first-order chi connectivity index (χ1) is 10.5. The number of ether oxygens (including phenoxy) is 1. The number of halogens is 2. The lowest BCUT2D eigenvalue weighted by molar-refractivity contribution is -0.149. The number of benzene rings is 1. The highest BCUT2D eigenvalue weighted by Crippen LogP contribution is 2.49. The summed E-state index contributed by atoms with van der Waals surface area (Å²) in [5.74, 6) is 0.201. The Bertz CT molecular complexity index is 607. The van der Waals surface area contributed by atoms with Gasteiger partial charge in [-0.05, 0) is 30.9 Å². The predicted molar refractivity (Wildman–Crippen MR) is 85.7 cm³/mol. The van der Waals surface area contributed by atoms with Gasteiger partial charge in [0.2, 0.25) is 0 Å². The molecule has 1 N–H and O–H groups in total. The number of likely N-dealkylation sites (tertiary alicyclic amines) is 1. The summed E-state index contributed by atoms with van der Waals surface area (Å²) in [4.78, 5) is 13.9. The molecule has 0 radical (unpaired) electrons. The van der Waals surface area contributed by atoms with Crippen LogP contribution in [0.15, 0.2) is 12.1 Å². The first-order valence-corrected chi connectivity index (χ1v) is 8.19. The minimum Gasteiger partial charge on any atom is -0.495 e. The van der Waals surface area contributed by atoms with Crippen LogP contribution in [0.4, 0.5) is 0 Å². The van der Waals surface area contributed by atoms with E-state index in [4.69, 9.17) is 27.9 Å². The number of rotatable bonds is 4. The summed E-state index contributed by atoms with van der Waals surface area (Å²) >= 11 is 12.3. The van der Waals surface area contributed by atoms with Crippen LogP contribution in [-0.2, 0) is 11.3 Å². The molecule has 1 saturated heterocycles. The van der Waals surface area contributed by atoms with Crippen LogP contribution >= 0.6 is 23.2 Å². The van der Waals surface area contributed by atoms with Crippen molar-refractivity contribution in [3.63, 3.8) is 0 Å². The van der Waals surface area contributed by atoms with Crippen LogP contribution in [-0.4, -0.2) is 36.2 Å². The zero-order chi connectivity index (χ0) is 15.9. The monoisotopic (exact) mass is 343 g/mol. The van der Waals surface area contributed by atoms with E-state index in [1.807, 2.05) is 6.07 Å². The molecule has 2 aliphatic rings. The molecular formula is C16H19Cl2NO3. The molecule has 0 aromatic heterocycles. The lowest BCUT2D eigenvalue weighted by atomic mass is 9.81. The highest BCUT2D eigenvalue weighted by atomic mass is 35.5. The van der Waals surface area contributed by atoms with Gasteiger partial charge in [-0.1, -0.05) is 29.6 Å². The van der Waals surface area contributed by atoms with Gasteiger partial charge >= 0.3 is 5.97 Å². The summed E-state index contributed by atoms with van der Waals surface area (Å²) in [5.41, 5.74) is 0.329. The summed E-state index contributed by atoms with van der Waals surface area (Å²) < 4.78 is 5.37. The Morgan fingerprint density at radius 2 is 2.27 bits per heavy atom. The van der Waals surface area contributed by atoms with E-state index in [0.29, 0.717) is 28.9 Å². The maximum absolute atomic E-state index is 11.7. The third-order valence-electron chi connectivity index (χ3n) is 5.05. The quantitative estimate of drug-likeness (QED) is 0.905. The number of fused-ring (bicyclic) bond motifs is 1. The van der Waals surface area contributed by atoms with E-state index in [1.54, 1.807) is 13.2 Å². The Balaban J connectivity index is 1.83. The number of methoxy groups -OCH3 is 1. The molecule has 0 spiro atoms. The minimum atomic E-state index is -0.659. The number of carboxylic acids is 1. The molecule has 120 valence electrons. The molecule has 2 fully saturated rings. The fourth-order valence-corrected chi connectivity index (χ4v) is 4.68. The maximum atomic E-state index is 11.7. The van der Waals surface area contributed by atoms with Crippen molar-refractivity contribution in [3.05, 3.63) is 27.7 Å². The average molecular weight is 344 g/mol. The van der Waals surface area contributed by atoms with Crippen LogP contribution in [0.3, 0.4) is 0 Å². The summed E-state index contributed by atoms with van der Waals surface area (Å²) in [6.45, 7) is 1.99. The standard InChI is InChI=1S/C16H19Cl2NO3/c1-22-14-10(5-12(17)6-13(14)18)7-19-8-11-3-2-4-16(11,9-19)15(20)21/h5-6,11H,2-4,7-9H2,1H3,(H,20,21)/t11-,16+/m0/s1. The van der Waals surface area contributed by atoms with Crippen molar-refractivity contribution in [1.29, 1.82) is 0 Å². The fraction of sp³-hybridized carbons (Fsp3) is 0.562. The maximum Gasteiger partial charge on any atom is 0.311 e. The van der Waals surface area contributed by atoms with Gasteiger partial charge in [0, 0.05) is 30.2 Å².